The molecule has 1 aromatic heterocycles. The van der Waals surface area contributed by atoms with Crippen LogP contribution in [0.5, 0.6) is 0 Å². The first kappa shape index (κ1) is 13.3. The van der Waals surface area contributed by atoms with Crippen molar-refractivity contribution in [1.29, 1.82) is 0 Å². The van der Waals surface area contributed by atoms with Crippen LogP contribution >= 0.6 is 22.9 Å². The van der Waals surface area contributed by atoms with Gasteiger partial charge in [-0.1, -0.05) is 11.6 Å². The van der Waals surface area contributed by atoms with Gasteiger partial charge in [0.05, 0.1) is 4.34 Å². The molecule has 0 saturated heterocycles. The summed E-state index contributed by atoms with van der Waals surface area (Å²) in [6.07, 6.45) is 0. The first-order valence-corrected chi connectivity index (χ1v) is 6.70. The van der Waals surface area contributed by atoms with Gasteiger partial charge in [-0.25, -0.2) is 4.39 Å². The summed E-state index contributed by atoms with van der Waals surface area (Å²) in [6.45, 7) is 1.38. The number of halogens is 2. The number of benzene rings is 1. The fraction of sp³-hybridized carbons (Fsp3) is 0.231. The van der Waals surface area contributed by atoms with Gasteiger partial charge in [0.15, 0.2) is 0 Å². The number of thiophene rings is 1. The van der Waals surface area contributed by atoms with E-state index in [1.54, 1.807) is 17.4 Å². The molecular formula is C13H14ClFN2S. The molecule has 2 N–H and O–H groups in total. The van der Waals surface area contributed by atoms with Crippen LogP contribution in [0, 0.1) is 5.82 Å². The molecule has 0 unspecified atom stereocenters. The summed E-state index contributed by atoms with van der Waals surface area (Å²) in [5.74, 6) is -0.258. The molecule has 0 aliphatic rings. The molecule has 18 heavy (non-hydrogen) atoms. The summed E-state index contributed by atoms with van der Waals surface area (Å²) in [7, 11) is 1.97. The predicted molar refractivity (Wildman–Crippen MR) is 75.3 cm³/mol. The molecule has 0 bridgehead atoms. The van der Waals surface area contributed by atoms with Crippen molar-refractivity contribution in [1.82, 2.24) is 4.90 Å². The Hall–Kier alpha value is -1.10. The molecule has 1 heterocycles. The van der Waals surface area contributed by atoms with Crippen LogP contribution in [0.25, 0.3) is 0 Å². The third-order valence-electron chi connectivity index (χ3n) is 2.60. The summed E-state index contributed by atoms with van der Waals surface area (Å²) in [6, 6.07) is 8.33. The number of nitrogens with two attached hydrogens (primary N) is 1. The highest BCUT2D eigenvalue weighted by Crippen LogP contribution is 2.23. The SMILES string of the molecule is CN(Cc1ccc(Cl)s1)Cc1cc(F)ccc1N. The summed E-state index contributed by atoms with van der Waals surface area (Å²) in [5, 5.41) is 0. The van der Waals surface area contributed by atoms with Crippen molar-refractivity contribution in [2.75, 3.05) is 12.8 Å². The molecule has 0 aliphatic carbocycles. The molecule has 1 aromatic carbocycles. The lowest BCUT2D eigenvalue weighted by atomic mass is 10.1. The van der Waals surface area contributed by atoms with E-state index in [0.29, 0.717) is 12.2 Å². The number of rotatable bonds is 4. The first-order chi connectivity index (χ1) is 8.54. The van der Waals surface area contributed by atoms with Crippen LogP contribution in [-0.4, -0.2) is 11.9 Å². The lowest BCUT2D eigenvalue weighted by Gasteiger charge is -2.17. The van der Waals surface area contributed by atoms with Gasteiger partial charge in [0, 0.05) is 23.7 Å². The second-order valence-corrected chi connectivity index (χ2v) is 6.02. The third-order valence-corrected chi connectivity index (χ3v) is 3.82. The highest BCUT2D eigenvalue weighted by atomic mass is 35.5. The standard InChI is InChI=1S/C13H14ClFN2S/c1-17(8-11-3-5-13(14)18-11)7-9-6-10(15)2-4-12(9)16/h2-6H,7-8,16H2,1H3. The topological polar surface area (TPSA) is 29.3 Å². The van der Waals surface area contributed by atoms with Crippen LogP contribution < -0.4 is 5.73 Å². The summed E-state index contributed by atoms with van der Waals surface area (Å²) in [4.78, 5) is 3.25. The molecule has 5 heteroatoms. The Bertz CT molecular complexity index is 542. The molecule has 96 valence electrons. The van der Waals surface area contributed by atoms with Crippen molar-refractivity contribution in [2.45, 2.75) is 13.1 Å². The van der Waals surface area contributed by atoms with Gasteiger partial charge in [0.25, 0.3) is 0 Å². The minimum atomic E-state index is -0.258. The molecule has 2 aromatic rings. The molecule has 0 amide bonds. The van der Waals surface area contributed by atoms with Crippen molar-refractivity contribution in [3.63, 3.8) is 0 Å². The summed E-state index contributed by atoms with van der Waals surface area (Å²) >= 11 is 7.43. The van der Waals surface area contributed by atoms with Crippen molar-refractivity contribution in [2.24, 2.45) is 0 Å². The van der Waals surface area contributed by atoms with E-state index in [2.05, 4.69) is 4.90 Å². The maximum atomic E-state index is 13.1. The van der Waals surface area contributed by atoms with E-state index in [1.165, 1.54) is 17.0 Å². The monoisotopic (exact) mass is 284 g/mol. The van der Waals surface area contributed by atoms with E-state index in [1.807, 2.05) is 19.2 Å². The van der Waals surface area contributed by atoms with E-state index < -0.39 is 0 Å². The average molecular weight is 285 g/mol. The zero-order valence-electron chi connectivity index (χ0n) is 9.99. The zero-order chi connectivity index (χ0) is 13.1. The van der Waals surface area contributed by atoms with E-state index in [4.69, 9.17) is 17.3 Å². The smallest absolute Gasteiger partial charge is 0.123 e. The van der Waals surface area contributed by atoms with E-state index in [9.17, 15) is 4.39 Å². The third kappa shape index (κ3) is 3.45. The van der Waals surface area contributed by atoms with Crippen LogP contribution in [0.2, 0.25) is 4.34 Å². The minimum Gasteiger partial charge on any atom is -0.398 e. The maximum absolute atomic E-state index is 13.1. The molecule has 0 radical (unpaired) electrons. The zero-order valence-corrected chi connectivity index (χ0v) is 11.6. The second kappa shape index (κ2) is 5.69. The average Bonchev–Trinajstić information content (AvgIpc) is 2.69. The molecule has 0 aliphatic heterocycles. The molecular weight excluding hydrogens is 271 g/mol. The van der Waals surface area contributed by atoms with Gasteiger partial charge in [-0.3, -0.25) is 4.90 Å². The molecule has 0 saturated carbocycles. The molecule has 2 rings (SSSR count). The Kier molecular flexibility index (Phi) is 4.22. The second-order valence-electron chi connectivity index (χ2n) is 4.22. The van der Waals surface area contributed by atoms with Crippen molar-refractivity contribution in [3.8, 4) is 0 Å². The number of hydrogen-bond donors (Lipinski definition) is 1. The van der Waals surface area contributed by atoms with E-state index in [-0.39, 0.29) is 5.82 Å². The van der Waals surface area contributed by atoms with Crippen molar-refractivity contribution in [3.05, 3.63) is 50.9 Å². The van der Waals surface area contributed by atoms with Crippen LogP contribution in [0.4, 0.5) is 10.1 Å². The van der Waals surface area contributed by atoms with E-state index >= 15 is 0 Å². The summed E-state index contributed by atoms with van der Waals surface area (Å²) in [5.41, 5.74) is 7.25. The van der Waals surface area contributed by atoms with Crippen LogP contribution in [-0.2, 0) is 13.1 Å². The van der Waals surface area contributed by atoms with Gasteiger partial charge in [0.2, 0.25) is 0 Å². The van der Waals surface area contributed by atoms with Gasteiger partial charge in [0.1, 0.15) is 5.82 Å². The van der Waals surface area contributed by atoms with Gasteiger partial charge in [-0.2, -0.15) is 0 Å². The van der Waals surface area contributed by atoms with Crippen molar-refractivity contribution >= 4 is 28.6 Å². The normalized spacial score (nSPS) is 11.1. The first-order valence-electron chi connectivity index (χ1n) is 5.51. The number of nitrogens with zero attached hydrogens (tertiary/aromatic N) is 1. The Morgan fingerprint density at radius 2 is 2.06 bits per heavy atom. The number of hydrogen-bond acceptors (Lipinski definition) is 3. The quantitative estimate of drug-likeness (QED) is 0.866. The van der Waals surface area contributed by atoms with Crippen LogP contribution in [0.1, 0.15) is 10.4 Å². The lowest BCUT2D eigenvalue weighted by Crippen LogP contribution is -2.17. The lowest BCUT2D eigenvalue weighted by molar-refractivity contribution is 0.322. The van der Waals surface area contributed by atoms with Gasteiger partial charge in [-0.15, -0.1) is 11.3 Å². The van der Waals surface area contributed by atoms with Crippen LogP contribution in [0.3, 0.4) is 0 Å². The maximum Gasteiger partial charge on any atom is 0.123 e. The Labute approximate surface area is 115 Å². The largest absolute Gasteiger partial charge is 0.398 e. The molecule has 0 atom stereocenters. The Morgan fingerprint density at radius 1 is 1.28 bits per heavy atom. The Morgan fingerprint density at radius 3 is 2.72 bits per heavy atom. The molecule has 0 fully saturated rings. The number of anilines is 1. The molecule has 0 spiro atoms. The van der Waals surface area contributed by atoms with Crippen LogP contribution in [0.15, 0.2) is 30.3 Å². The van der Waals surface area contributed by atoms with Gasteiger partial charge < -0.3 is 5.73 Å². The van der Waals surface area contributed by atoms with Crippen molar-refractivity contribution < 1.29 is 4.39 Å². The highest BCUT2D eigenvalue weighted by molar-refractivity contribution is 7.16. The fourth-order valence-electron chi connectivity index (χ4n) is 1.76. The predicted octanol–water partition coefficient (Wildman–Crippen LogP) is 3.75. The fourth-order valence-corrected chi connectivity index (χ4v) is 2.93. The number of nitrogen functional groups attached to an aromatic ring is 1. The van der Waals surface area contributed by atoms with E-state index in [0.717, 1.165) is 16.4 Å². The van der Waals surface area contributed by atoms with Gasteiger partial charge in [-0.05, 0) is 42.9 Å². The summed E-state index contributed by atoms with van der Waals surface area (Å²) < 4.78 is 13.9. The Balaban J connectivity index is 2.02. The molecule has 2 nitrogen and oxygen atoms in total. The minimum absolute atomic E-state index is 0.258. The van der Waals surface area contributed by atoms with Gasteiger partial charge >= 0.3 is 0 Å². The highest BCUT2D eigenvalue weighted by Gasteiger charge is 2.07.